The molecule has 0 aliphatic heterocycles. The number of nitrogens with zero attached hydrogens (tertiary/aromatic N) is 1. The van der Waals surface area contributed by atoms with Crippen LogP contribution in [0.4, 0.5) is 5.69 Å². The standard InChI is InChI=1S/C19H20N2O3/c1-3-24-19(23)12-14(2)21-17-10-5-4-9-16(17)18(22)13-15-8-6-7-11-20-15/h4-12,21H,3,13H2,1-2H3/b14-12-. The predicted molar refractivity (Wildman–Crippen MR) is 92.7 cm³/mol. The quantitative estimate of drug-likeness (QED) is 0.480. The maximum Gasteiger partial charge on any atom is 0.332 e. The zero-order chi connectivity index (χ0) is 17.4. The molecule has 0 saturated heterocycles. The predicted octanol–water partition coefficient (Wildman–Crippen LogP) is 3.39. The lowest BCUT2D eigenvalue weighted by Gasteiger charge is -2.11. The fourth-order valence-corrected chi connectivity index (χ4v) is 2.21. The molecule has 0 amide bonds. The van der Waals surface area contributed by atoms with Crippen LogP contribution in [0.3, 0.4) is 0 Å². The van der Waals surface area contributed by atoms with Crippen LogP contribution in [0, 0.1) is 0 Å². The highest BCUT2D eigenvalue weighted by molar-refractivity contribution is 6.02. The maximum atomic E-state index is 12.6. The van der Waals surface area contributed by atoms with Gasteiger partial charge in [-0.2, -0.15) is 0 Å². The Labute approximate surface area is 141 Å². The van der Waals surface area contributed by atoms with Crippen molar-refractivity contribution in [1.82, 2.24) is 4.98 Å². The molecule has 0 radical (unpaired) electrons. The number of anilines is 1. The number of rotatable bonds is 7. The molecule has 0 bridgehead atoms. The number of ketones is 1. The van der Waals surface area contributed by atoms with E-state index in [1.165, 1.54) is 6.08 Å². The fourth-order valence-electron chi connectivity index (χ4n) is 2.21. The molecule has 0 saturated carbocycles. The summed E-state index contributed by atoms with van der Waals surface area (Å²) < 4.78 is 4.88. The van der Waals surface area contributed by atoms with Gasteiger partial charge in [-0.15, -0.1) is 0 Å². The second kappa shape index (κ2) is 8.62. The Morgan fingerprint density at radius 2 is 1.92 bits per heavy atom. The van der Waals surface area contributed by atoms with Gasteiger partial charge in [-0.25, -0.2) is 4.79 Å². The number of hydrogen-bond donors (Lipinski definition) is 1. The topological polar surface area (TPSA) is 68.3 Å². The molecule has 1 aromatic carbocycles. The molecule has 5 heteroatoms. The van der Waals surface area contributed by atoms with Gasteiger partial charge in [0.15, 0.2) is 5.78 Å². The fraction of sp³-hybridized carbons (Fsp3) is 0.211. The number of pyridine rings is 1. The zero-order valence-electron chi connectivity index (χ0n) is 13.8. The van der Waals surface area contributed by atoms with Gasteiger partial charge < -0.3 is 10.1 Å². The third kappa shape index (κ3) is 5.05. The minimum atomic E-state index is -0.417. The van der Waals surface area contributed by atoms with Crippen molar-refractivity contribution in [3.05, 3.63) is 71.7 Å². The Morgan fingerprint density at radius 3 is 2.62 bits per heavy atom. The number of esters is 1. The highest BCUT2D eigenvalue weighted by atomic mass is 16.5. The van der Waals surface area contributed by atoms with Gasteiger partial charge in [-0.05, 0) is 38.1 Å². The number of aromatic nitrogens is 1. The van der Waals surface area contributed by atoms with Crippen LogP contribution in [0.5, 0.6) is 0 Å². The number of para-hydroxylation sites is 1. The first kappa shape index (κ1) is 17.4. The molecule has 2 aromatic rings. The van der Waals surface area contributed by atoms with Crippen molar-refractivity contribution < 1.29 is 14.3 Å². The monoisotopic (exact) mass is 324 g/mol. The zero-order valence-corrected chi connectivity index (χ0v) is 13.8. The van der Waals surface area contributed by atoms with E-state index >= 15 is 0 Å². The first-order valence-corrected chi connectivity index (χ1v) is 7.74. The number of ether oxygens (including phenoxy) is 1. The van der Waals surface area contributed by atoms with Crippen LogP contribution in [0.1, 0.15) is 29.9 Å². The summed E-state index contributed by atoms with van der Waals surface area (Å²) in [5, 5.41) is 3.09. The minimum absolute atomic E-state index is 0.0410. The molecule has 0 unspecified atom stereocenters. The van der Waals surface area contributed by atoms with E-state index in [-0.39, 0.29) is 12.2 Å². The van der Waals surface area contributed by atoms with Crippen LogP contribution in [0.25, 0.3) is 0 Å². The first-order chi connectivity index (χ1) is 11.6. The highest BCUT2D eigenvalue weighted by Crippen LogP contribution is 2.19. The molecular weight excluding hydrogens is 304 g/mol. The summed E-state index contributed by atoms with van der Waals surface area (Å²) in [4.78, 5) is 28.2. The summed E-state index contributed by atoms with van der Waals surface area (Å²) in [6.45, 7) is 3.82. The molecule has 0 aliphatic carbocycles. The summed E-state index contributed by atoms with van der Waals surface area (Å²) in [6, 6.07) is 12.7. The van der Waals surface area contributed by atoms with Crippen molar-refractivity contribution in [2.75, 3.05) is 11.9 Å². The lowest BCUT2D eigenvalue weighted by molar-refractivity contribution is -0.137. The molecular formula is C19H20N2O3. The molecule has 1 aromatic heterocycles. The molecule has 0 fully saturated rings. The van der Waals surface area contributed by atoms with Gasteiger partial charge in [-0.1, -0.05) is 18.2 Å². The van der Waals surface area contributed by atoms with Crippen LogP contribution < -0.4 is 5.32 Å². The van der Waals surface area contributed by atoms with Crippen LogP contribution in [0.2, 0.25) is 0 Å². The van der Waals surface area contributed by atoms with Crippen molar-refractivity contribution in [1.29, 1.82) is 0 Å². The van der Waals surface area contributed by atoms with E-state index in [0.29, 0.717) is 23.6 Å². The molecule has 24 heavy (non-hydrogen) atoms. The van der Waals surface area contributed by atoms with Gasteiger partial charge in [0.25, 0.3) is 0 Å². The van der Waals surface area contributed by atoms with Gasteiger partial charge >= 0.3 is 5.97 Å². The SMILES string of the molecule is CCOC(=O)/C=C(/C)Nc1ccccc1C(=O)Cc1ccccn1. The third-order valence-corrected chi connectivity index (χ3v) is 3.25. The molecule has 124 valence electrons. The summed E-state index contributed by atoms with van der Waals surface area (Å²) in [7, 11) is 0. The number of Topliss-reactive ketones (excluding diaryl/α,β-unsaturated/α-hetero) is 1. The Morgan fingerprint density at radius 1 is 1.17 bits per heavy atom. The van der Waals surface area contributed by atoms with Crippen molar-refractivity contribution >= 4 is 17.4 Å². The smallest absolute Gasteiger partial charge is 0.332 e. The van der Waals surface area contributed by atoms with Crippen LogP contribution in [-0.4, -0.2) is 23.3 Å². The van der Waals surface area contributed by atoms with Crippen molar-refractivity contribution in [2.45, 2.75) is 20.3 Å². The number of hydrogen-bond acceptors (Lipinski definition) is 5. The normalized spacial score (nSPS) is 11.0. The molecule has 1 heterocycles. The Kier molecular flexibility index (Phi) is 6.25. The second-order valence-corrected chi connectivity index (χ2v) is 5.17. The molecule has 0 spiro atoms. The number of benzene rings is 1. The molecule has 0 aliphatic rings. The molecule has 2 rings (SSSR count). The number of carbonyl (C=O) groups excluding carboxylic acids is 2. The largest absolute Gasteiger partial charge is 0.463 e. The number of nitrogens with one attached hydrogen (secondary N) is 1. The average Bonchev–Trinajstić information content (AvgIpc) is 2.56. The minimum Gasteiger partial charge on any atom is -0.463 e. The Balaban J connectivity index is 2.15. The summed E-state index contributed by atoms with van der Waals surface area (Å²) in [6.07, 6.45) is 3.25. The molecule has 1 N–H and O–H groups in total. The van der Waals surface area contributed by atoms with Crippen molar-refractivity contribution in [3.63, 3.8) is 0 Å². The van der Waals surface area contributed by atoms with Crippen LogP contribution in [-0.2, 0) is 16.0 Å². The van der Waals surface area contributed by atoms with E-state index in [1.54, 1.807) is 38.2 Å². The molecule has 0 atom stereocenters. The number of allylic oxidation sites excluding steroid dienone is 1. The van der Waals surface area contributed by atoms with E-state index in [1.807, 2.05) is 24.3 Å². The third-order valence-electron chi connectivity index (χ3n) is 3.25. The number of carbonyl (C=O) groups is 2. The average molecular weight is 324 g/mol. The summed E-state index contributed by atoms with van der Waals surface area (Å²) >= 11 is 0. The lowest BCUT2D eigenvalue weighted by Crippen LogP contribution is -2.10. The molecule has 5 nitrogen and oxygen atoms in total. The van der Waals surface area contributed by atoms with E-state index in [2.05, 4.69) is 10.3 Å². The van der Waals surface area contributed by atoms with E-state index in [9.17, 15) is 9.59 Å². The van der Waals surface area contributed by atoms with Gasteiger partial charge in [0.1, 0.15) is 0 Å². The summed E-state index contributed by atoms with van der Waals surface area (Å²) in [5.41, 5.74) is 2.53. The van der Waals surface area contributed by atoms with Crippen LogP contribution in [0.15, 0.2) is 60.4 Å². The first-order valence-electron chi connectivity index (χ1n) is 7.74. The van der Waals surface area contributed by atoms with E-state index < -0.39 is 5.97 Å². The highest BCUT2D eigenvalue weighted by Gasteiger charge is 2.12. The van der Waals surface area contributed by atoms with Gasteiger partial charge in [0.05, 0.1) is 13.0 Å². The summed E-state index contributed by atoms with van der Waals surface area (Å²) in [5.74, 6) is -0.458. The Bertz CT molecular complexity index is 739. The second-order valence-electron chi connectivity index (χ2n) is 5.17. The van der Waals surface area contributed by atoms with E-state index in [4.69, 9.17) is 4.74 Å². The lowest BCUT2D eigenvalue weighted by atomic mass is 10.0. The van der Waals surface area contributed by atoms with Gasteiger partial charge in [0, 0.05) is 34.9 Å². The Hall–Kier alpha value is -2.95. The van der Waals surface area contributed by atoms with Gasteiger partial charge in [-0.3, -0.25) is 9.78 Å². The van der Waals surface area contributed by atoms with Crippen molar-refractivity contribution in [3.8, 4) is 0 Å². The van der Waals surface area contributed by atoms with E-state index in [0.717, 1.165) is 5.69 Å². The van der Waals surface area contributed by atoms with Crippen molar-refractivity contribution in [2.24, 2.45) is 0 Å². The maximum absolute atomic E-state index is 12.6. The van der Waals surface area contributed by atoms with Gasteiger partial charge in [0.2, 0.25) is 0 Å². The van der Waals surface area contributed by atoms with Crippen LogP contribution >= 0.6 is 0 Å².